The van der Waals surface area contributed by atoms with Crippen LogP contribution in [-0.4, -0.2) is 38.3 Å². The van der Waals surface area contributed by atoms with Crippen LogP contribution in [0.25, 0.3) is 0 Å². The molecule has 4 nitrogen and oxygen atoms in total. The fourth-order valence-electron chi connectivity index (χ4n) is 1.80. The molecule has 96 valence electrons. The molecular formula is C13H22N2O2. The summed E-state index contributed by atoms with van der Waals surface area (Å²) in [5, 5.41) is 6.13. The molecule has 0 spiro atoms. The van der Waals surface area contributed by atoms with Crippen molar-refractivity contribution in [1.82, 2.24) is 10.6 Å². The summed E-state index contributed by atoms with van der Waals surface area (Å²) in [4.78, 5) is 11.6. The molecule has 0 bridgehead atoms. The fraction of sp³-hybridized carbons (Fsp3) is 0.769. The predicted molar refractivity (Wildman–Crippen MR) is 67.5 cm³/mol. The van der Waals surface area contributed by atoms with Crippen LogP contribution in [-0.2, 0) is 9.53 Å². The maximum atomic E-state index is 11.6. The summed E-state index contributed by atoms with van der Waals surface area (Å²) in [6.07, 6.45) is 9.86. The number of carbonyl (C=O) groups excluding carboxylic acids is 1. The van der Waals surface area contributed by atoms with Crippen LogP contribution in [0.2, 0.25) is 0 Å². The van der Waals surface area contributed by atoms with E-state index in [0.29, 0.717) is 12.6 Å². The zero-order valence-corrected chi connectivity index (χ0v) is 10.3. The molecule has 17 heavy (non-hydrogen) atoms. The Labute approximate surface area is 103 Å². The molecule has 0 radical (unpaired) electrons. The number of amides is 1. The van der Waals surface area contributed by atoms with Crippen molar-refractivity contribution in [3.8, 4) is 12.3 Å². The molecule has 1 fully saturated rings. The van der Waals surface area contributed by atoms with Gasteiger partial charge >= 0.3 is 0 Å². The number of nitrogens with one attached hydrogen (secondary N) is 2. The SMILES string of the molecule is C#CCCCCNCC(=O)NC1CCOCC1. The molecule has 1 heterocycles. The fourth-order valence-corrected chi connectivity index (χ4v) is 1.80. The van der Waals surface area contributed by atoms with Crippen LogP contribution < -0.4 is 10.6 Å². The number of carbonyl (C=O) groups is 1. The van der Waals surface area contributed by atoms with Gasteiger partial charge in [-0.1, -0.05) is 0 Å². The molecule has 1 aliphatic rings. The lowest BCUT2D eigenvalue weighted by molar-refractivity contribution is -0.121. The minimum atomic E-state index is 0.0776. The Morgan fingerprint density at radius 3 is 2.82 bits per heavy atom. The molecule has 0 unspecified atom stereocenters. The Morgan fingerprint density at radius 2 is 2.12 bits per heavy atom. The maximum Gasteiger partial charge on any atom is 0.234 e. The van der Waals surface area contributed by atoms with Crippen molar-refractivity contribution in [2.24, 2.45) is 0 Å². The molecule has 0 aliphatic carbocycles. The van der Waals surface area contributed by atoms with Crippen LogP contribution in [0, 0.1) is 12.3 Å². The quantitative estimate of drug-likeness (QED) is 0.506. The number of hydrogen-bond acceptors (Lipinski definition) is 3. The van der Waals surface area contributed by atoms with Gasteiger partial charge in [0.1, 0.15) is 0 Å². The highest BCUT2D eigenvalue weighted by molar-refractivity contribution is 5.78. The van der Waals surface area contributed by atoms with Gasteiger partial charge < -0.3 is 15.4 Å². The smallest absolute Gasteiger partial charge is 0.234 e. The van der Waals surface area contributed by atoms with Gasteiger partial charge in [-0.05, 0) is 32.2 Å². The van der Waals surface area contributed by atoms with Crippen LogP contribution in [0.3, 0.4) is 0 Å². The highest BCUT2D eigenvalue weighted by Crippen LogP contribution is 2.05. The van der Waals surface area contributed by atoms with E-state index in [1.165, 1.54) is 0 Å². The monoisotopic (exact) mass is 238 g/mol. The minimum absolute atomic E-state index is 0.0776. The van der Waals surface area contributed by atoms with Crippen molar-refractivity contribution < 1.29 is 9.53 Å². The lowest BCUT2D eigenvalue weighted by Crippen LogP contribution is -2.43. The third-order valence-electron chi connectivity index (χ3n) is 2.80. The first-order valence-corrected chi connectivity index (χ1v) is 6.34. The highest BCUT2D eigenvalue weighted by Gasteiger charge is 2.15. The van der Waals surface area contributed by atoms with Gasteiger partial charge in [-0.3, -0.25) is 4.79 Å². The van der Waals surface area contributed by atoms with Crippen molar-refractivity contribution in [3.05, 3.63) is 0 Å². The van der Waals surface area contributed by atoms with Gasteiger partial charge in [-0.15, -0.1) is 12.3 Å². The molecule has 4 heteroatoms. The normalized spacial score (nSPS) is 16.4. The van der Waals surface area contributed by atoms with Crippen molar-refractivity contribution in [1.29, 1.82) is 0 Å². The molecule has 1 rings (SSSR count). The van der Waals surface area contributed by atoms with E-state index in [0.717, 1.165) is 51.9 Å². The zero-order chi connectivity index (χ0) is 12.3. The van der Waals surface area contributed by atoms with Gasteiger partial charge in [-0.25, -0.2) is 0 Å². The lowest BCUT2D eigenvalue weighted by atomic mass is 10.1. The molecule has 0 aromatic carbocycles. The summed E-state index contributed by atoms with van der Waals surface area (Å²) < 4.78 is 5.23. The number of rotatable bonds is 7. The number of ether oxygens (including phenoxy) is 1. The first-order valence-electron chi connectivity index (χ1n) is 6.34. The summed E-state index contributed by atoms with van der Waals surface area (Å²) in [5.74, 6) is 2.68. The van der Waals surface area contributed by atoms with Crippen LogP contribution in [0.5, 0.6) is 0 Å². The Balaban J connectivity index is 1.95. The van der Waals surface area contributed by atoms with Gasteiger partial charge in [0, 0.05) is 25.7 Å². The molecular weight excluding hydrogens is 216 g/mol. The van der Waals surface area contributed by atoms with Crippen LogP contribution >= 0.6 is 0 Å². The summed E-state index contributed by atoms with van der Waals surface area (Å²) in [6.45, 7) is 2.76. The first kappa shape index (κ1) is 14.0. The van der Waals surface area contributed by atoms with E-state index in [1.807, 2.05) is 0 Å². The minimum Gasteiger partial charge on any atom is -0.381 e. The van der Waals surface area contributed by atoms with E-state index in [4.69, 9.17) is 11.2 Å². The number of hydrogen-bond donors (Lipinski definition) is 2. The van der Waals surface area contributed by atoms with Crippen LogP contribution in [0.15, 0.2) is 0 Å². The van der Waals surface area contributed by atoms with E-state index >= 15 is 0 Å². The molecule has 1 saturated heterocycles. The van der Waals surface area contributed by atoms with Crippen molar-refractivity contribution >= 4 is 5.91 Å². The maximum absolute atomic E-state index is 11.6. The Hall–Kier alpha value is -1.05. The predicted octanol–water partition coefficient (Wildman–Crippen LogP) is 0.675. The molecule has 0 saturated carbocycles. The first-order chi connectivity index (χ1) is 8.33. The Bertz CT molecular complexity index is 255. The van der Waals surface area contributed by atoms with E-state index < -0.39 is 0 Å². The molecule has 1 aliphatic heterocycles. The molecule has 0 atom stereocenters. The van der Waals surface area contributed by atoms with E-state index in [2.05, 4.69) is 16.6 Å². The Kier molecular flexibility index (Phi) is 7.44. The molecule has 0 aromatic rings. The van der Waals surface area contributed by atoms with Gasteiger partial charge in [0.15, 0.2) is 0 Å². The second kappa shape index (κ2) is 9.03. The standard InChI is InChI=1S/C13H22N2O2/c1-2-3-4-5-8-14-11-13(16)15-12-6-9-17-10-7-12/h1,12,14H,3-11H2,(H,15,16). The van der Waals surface area contributed by atoms with E-state index in [1.54, 1.807) is 0 Å². The van der Waals surface area contributed by atoms with Crippen molar-refractivity contribution in [2.45, 2.75) is 38.1 Å². The summed E-state index contributed by atoms with van der Waals surface area (Å²) in [5.41, 5.74) is 0. The lowest BCUT2D eigenvalue weighted by Gasteiger charge is -2.23. The van der Waals surface area contributed by atoms with Gasteiger partial charge in [0.2, 0.25) is 5.91 Å². The summed E-state index contributed by atoms with van der Waals surface area (Å²) in [6, 6.07) is 0.291. The second-order valence-electron chi connectivity index (χ2n) is 4.29. The highest BCUT2D eigenvalue weighted by atomic mass is 16.5. The molecule has 2 N–H and O–H groups in total. The van der Waals surface area contributed by atoms with Crippen molar-refractivity contribution in [3.63, 3.8) is 0 Å². The third kappa shape index (κ3) is 6.98. The Morgan fingerprint density at radius 1 is 1.35 bits per heavy atom. The topological polar surface area (TPSA) is 50.4 Å². The average Bonchev–Trinajstić information content (AvgIpc) is 2.35. The van der Waals surface area contributed by atoms with Gasteiger partial charge in [0.05, 0.1) is 6.54 Å². The zero-order valence-electron chi connectivity index (χ0n) is 10.3. The average molecular weight is 238 g/mol. The van der Waals surface area contributed by atoms with Crippen molar-refractivity contribution in [2.75, 3.05) is 26.3 Å². The largest absolute Gasteiger partial charge is 0.381 e. The van der Waals surface area contributed by atoms with Crippen LogP contribution in [0.1, 0.15) is 32.1 Å². The second-order valence-corrected chi connectivity index (χ2v) is 4.29. The molecule has 0 aromatic heterocycles. The van der Waals surface area contributed by atoms with Gasteiger partial charge in [0.25, 0.3) is 0 Å². The summed E-state index contributed by atoms with van der Waals surface area (Å²) >= 11 is 0. The van der Waals surface area contributed by atoms with E-state index in [-0.39, 0.29) is 5.91 Å². The van der Waals surface area contributed by atoms with E-state index in [9.17, 15) is 4.79 Å². The summed E-state index contributed by atoms with van der Waals surface area (Å²) in [7, 11) is 0. The third-order valence-corrected chi connectivity index (χ3v) is 2.80. The number of unbranched alkanes of at least 4 members (excludes halogenated alkanes) is 2. The number of terminal acetylenes is 1. The van der Waals surface area contributed by atoms with Crippen LogP contribution in [0.4, 0.5) is 0 Å². The molecule has 1 amide bonds. The van der Waals surface area contributed by atoms with Gasteiger partial charge in [-0.2, -0.15) is 0 Å².